The Balaban J connectivity index is 1.66. The van der Waals surface area contributed by atoms with E-state index in [1.54, 1.807) is 25.3 Å². The number of halogens is 2. The minimum atomic E-state index is -0.205. The van der Waals surface area contributed by atoms with Crippen molar-refractivity contribution in [3.8, 4) is 11.5 Å². The fraction of sp³-hybridized carbons (Fsp3) is 0.235. The first-order chi connectivity index (χ1) is 11.6. The lowest BCUT2D eigenvalue weighted by molar-refractivity contribution is -0.115. The van der Waals surface area contributed by atoms with E-state index in [1.165, 1.54) is 0 Å². The van der Waals surface area contributed by atoms with Crippen LogP contribution in [0.4, 0.5) is 5.69 Å². The number of carbonyl (C=O) groups is 1. The lowest BCUT2D eigenvalue weighted by atomic mass is 10.3. The first-order valence-electron chi connectivity index (χ1n) is 7.31. The largest absolute Gasteiger partial charge is 0.497 e. The smallest absolute Gasteiger partial charge is 0.238 e. The maximum Gasteiger partial charge on any atom is 0.238 e. The molecule has 0 heterocycles. The number of benzene rings is 2. The van der Waals surface area contributed by atoms with Crippen LogP contribution in [0.1, 0.15) is 0 Å². The van der Waals surface area contributed by atoms with E-state index in [2.05, 4.69) is 10.6 Å². The van der Waals surface area contributed by atoms with Gasteiger partial charge in [0.15, 0.2) is 0 Å². The highest BCUT2D eigenvalue weighted by atomic mass is 35.5. The van der Waals surface area contributed by atoms with Crippen molar-refractivity contribution in [2.24, 2.45) is 0 Å². The molecule has 0 fully saturated rings. The Bertz CT molecular complexity index is 678. The topological polar surface area (TPSA) is 59.6 Å². The average molecular weight is 369 g/mol. The van der Waals surface area contributed by atoms with E-state index in [-0.39, 0.29) is 12.5 Å². The highest BCUT2D eigenvalue weighted by Crippen LogP contribution is 2.25. The Morgan fingerprint density at radius 1 is 1.08 bits per heavy atom. The number of anilines is 1. The van der Waals surface area contributed by atoms with E-state index in [0.717, 1.165) is 11.5 Å². The molecule has 1 amide bonds. The van der Waals surface area contributed by atoms with E-state index in [0.29, 0.717) is 28.9 Å². The van der Waals surface area contributed by atoms with Crippen molar-refractivity contribution in [3.05, 3.63) is 52.5 Å². The summed E-state index contributed by atoms with van der Waals surface area (Å²) >= 11 is 11.9. The van der Waals surface area contributed by atoms with E-state index in [9.17, 15) is 4.79 Å². The second-order valence-electron chi connectivity index (χ2n) is 4.87. The van der Waals surface area contributed by atoms with Crippen molar-refractivity contribution in [3.63, 3.8) is 0 Å². The van der Waals surface area contributed by atoms with E-state index < -0.39 is 0 Å². The monoisotopic (exact) mass is 368 g/mol. The minimum absolute atomic E-state index is 0.148. The van der Waals surface area contributed by atoms with Crippen LogP contribution in [-0.4, -0.2) is 32.7 Å². The molecule has 128 valence electrons. The Morgan fingerprint density at radius 2 is 1.79 bits per heavy atom. The summed E-state index contributed by atoms with van der Waals surface area (Å²) in [5.41, 5.74) is 0.491. The number of amides is 1. The maximum atomic E-state index is 11.8. The summed E-state index contributed by atoms with van der Waals surface area (Å²) in [5.74, 6) is 1.31. The van der Waals surface area contributed by atoms with Gasteiger partial charge in [-0.25, -0.2) is 0 Å². The third kappa shape index (κ3) is 5.92. The van der Waals surface area contributed by atoms with Crippen molar-refractivity contribution < 1.29 is 14.3 Å². The van der Waals surface area contributed by atoms with Crippen molar-refractivity contribution in [2.75, 3.05) is 32.1 Å². The number of ether oxygens (including phenoxy) is 2. The first kappa shape index (κ1) is 18.4. The molecule has 0 aliphatic rings. The molecule has 24 heavy (non-hydrogen) atoms. The summed E-state index contributed by atoms with van der Waals surface area (Å²) in [6.07, 6.45) is 0. The van der Waals surface area contributed by atoms with Crippen LogP contribution in [0.15, 0.2) is 42.5 Å². The average Bonchev–Trinajstić information content (AvgIpc) is 2.58. The first-order valence-corrected chi connectivity index (χ1v) is 8.06. The van der Waals surface area contributed by atoms with Crippen LogP contribution < -0.4 is 20.1 Å². The molecule has 0 radical (unpaired) electrons. The molecule has 0 aliphatic carbocycles. The van der Waals surface area contributed by atoms with Gasteiger partial charge in [0, 0.05) is 11.6 Å². The van der Waals surface area contributed by atoms with Crippen LogP contribution in [0, 0.1) is 0 Å². The number of nitrogens with one attached hydrogen (secondary N) is 2. The van der Waals surface area contributed by atoms with Crippen LogP contribution in [0.3, 0.4) is 0 Å². The van der Waals surface area contributed by atoms with Gasteiger partial charge in [0.2, 0.25) is 5.91 Å². The van der Waals surface area contributed by atoms with E-state index >= 15 is 0 Å². The molecule has 2 aromatic rings. The summed E-state index contributed by atoms with van der Waals surface area (Å²) < 4.78 is 10.6. The third-order valence-corrected chi connectivity index (χ3v) is 3.66. The predicted molar refractivity (Wildman–Crippen MR) is 96.5 cm³/mol. The number of rotatable bonds is 8. The fourth-order valence-electron chi connectivity index (χ4n) is 1.90. The third-order valence-electron chi connectivity index (χ3n) is 3.10. The van der Waals surface area contributed by atoms with Gasteiger partial charge in [0.25, 0.3) is 0 Å². The normalized spacial score (nSPS) is 10.3. The van der Waals surface area contributed by atoms with Gasteiger partial charge < -0.3 is 20.1 Å². The van der Waals surface area contributed by atoms with Gasteiger partial charge in [-0.05, 0) is 42.5 Å². The number of methoxy groups -OCH3 is 1. The molecule has 2 rings (SSSR count). The molecule has 5 nitrogen and oxygen atoms in total. The Hall–Kier alpha value is -1.95. The number of hydrogen-bond donors (Lipinski definition) is 2. The van der Waals surface area contributed by atoms with Crippen LogP contribution in [0.5, 0.6) is 11.5 Å². The second kappa shape index (κ2) is 9.37. The molecule has 0 spiro atoms. The van der Waals surface area contributed by atoms with Gasteiger partial charge in [-0.3, -0.25) is 4.79 Å². The zero-order chi connectivity index (χ0) is 17.4. The SMILES string of the molecule is COc1ccc(OCCNCC(=O)Nc2cc(Cl)ccc2Cl)cc1. The molecular weight excluding hydrogens is 351 g/mol. The van der Waals surface area contributed by atoms with Crippen molar-refractivity contribution in [2.45, 2.75) is 0 Å². The molecule has 0 unspecified atom stereocenters. The summed E-state index contributed by atoms with van der Waals surface area (Å²) in [5, 5.41) is 6.64. The van der Waals surface area contributed by atoms with E-state index in [1.807, 2.05) is 24.3 Å². The van der Waals surface area contributed by atoms with Gasteiger partial charge >= 0.3 is 0 Å². The highest BCUT2D eigenvalue weighted by Gasteiger charge is 2.06. The van der Waals surface area contributed by atoms with Crippen molar-refractivity contribution in [1.82, 2.24) is 5.32 Å². The molecule has 2 aromatic carbocycles. The summed E-state index contributed by atoms with van der Waals surface area (Å²) in [7, 11) is 1.61. The van der Waals surface area contributed by atoms with Crippen LogP contribution >= 0.6 is 23.2 Å². The molecule has 7 heteroatoms. The van der Waals surface area contributed by atoms with Gasteiger partial charge in [0.1, 0.15) is 18.1 Å². The molecule has 0 aliphatic heterocycles. The van der Waals surface area contributed by atoms with E-state index in [4.69, 9.17) is 32.7 Å². The van der Waals surface area contributed by atoms with Gasteiger partial charge in [-0.1, -0.05) is 23.2 Å². The van der Waals surface area contributed by atoms with Crippen molar-refractivity contribution >= 4 is 34.8 Å². The standard InChI is InChI=1S/C17H18Cl2N2O3/c1-23-13-3-5-14(6-4-13)24-9-8-20-11-17(22)21-16-10-12(18)2-7-15(16)19/h2-7,10,20H,8-9,11H2,1H3,(H,21,22). The molecule has 0 bridgehead atoms. The second-order valence-corrected chi connectivity index (χ2v) is 5.72. The Labute approximate surface area is 150 Å². The zero-order valence-electron chi connectivity index (χ0n) is 13.1. The Morgan fingerprint density at radius 3 is 2.50 bits per heavy atom. The molecule has 0 saturated heterocycles. The van der Waals surface area contributed by atoms with Gasteiger partial charge in [0.05, 0.1) is 24.4 Å². The summed E-state index contributed by atoms with van der Waals surface area (Å²) in [6.45, 7) is 1.12. The van der Waals surface area contributed by atoms with Crippen LogP contribution in [0.2, 0.25) is 10.0 Å². The molecule has 0 aromatic heterocycles. The lowest BCUT2D eigenvalue weighted by Gasteiger charge is -2.10. The van der Waals surface area contributed by atoms with Gasteiger partial charge in [-0.2, -0.15) is 0 Å². The maximum absolute atomic E-state index is 11.8. The predicted octanol–water partition coefficient (Wildman–Crippen LogP) is 3.61. The molecule has 2 N–H and O–H groups in total. The molecule has 0 saturated carbocycles. The lowest BCUT2D eigenvalue weighted by Crippen LogP contribution is -2.31. The van der Waals surface area contributed by atoms with Gasteiger partial charge in [-0.15, -0.1) is 0 Å². The summed E-state index contributed by atoms with van der Waals surface area (Å²) in [4.78, 5) is 11.8. The quantitative estimate of drug-likeness (QED) is 0.698. The van der Waals surface area contributed by atoms with Crippen LogP contribution in [0.25, 0.3) is 0 Å². The van der Waals surface area contributed by atoms with Crippen LogP contribution in [-0.2, 0) is 4.79 Å². The number of carbonyl (C=O) groups excluding carboxylic acids is 1. The molecule has 0 atom stereocenters. The Kier molecular flexibility index (Phi) is 7.18. The highest BCUT2D eigenvalue weighted by molar-refractivity contribution is 6.35. The molecular formula is C17H18Cl2N2O3. The van der Waals surface area contributed by atoms with Crippen molar-refractivity contribution in [1.29, 1.82) is 0 Å². The minimum Gasteiger partial charge on any atom is -0.497 e. The fourth-order valence-corrected chi connectivity index (χ4v) is 2.24. The summed E-state index contributed by atoms with van der Waals surface area (Å²) in [6, 6.07) is 12.2. The number of hydrogen-bond acceptors (Lipinski definition) is 4. The zero-order valence-corrected chi connectivity index (χ0v) is 14.7.